The molecule has 1 heterocycles. The van der Waals surface area contributed by atoms with Crippen molar-refractivity contribution in [3.63, 3.8) is 0 Å². The fourth-order valence-electron chi connectivity index (χ4n) is 5.08. The summed E-state index contributed by atoms with van der Waals surface area (Å²) in [6.07, 6.45) is 0.942. The fourth-order valence-corrected chi connectivity index (χ4v) is 5.08. The van der Waals surface area contributed by atoms with Gasteiger partial charge < -0.3 is 19.7 Å². The number of hydrogen-bond acceptors (Lipinski definition) is 7. The van der Waals surface area contributed by atoms with Crippen LogP contribution in [-0.4, -0.2) is 44.0 Å². The SMILES string of the molecule is CC[C@@H](C)OC(=O)C1=C(C)NC2=C(C(=O)[C@@H](C(=O)OC)[C@@H](C)C2)[C@@H]1c1ccc(N(CC)CC)cc1. The van der Waals surface area contributed by atoms with Gasteiger partial charge in [0.1, 0.15) is 5.92 Å². The van der Waals surface area contributed by atoms with E-state index in [0.29, 0.717) is 29.7 Å². The van der Waals surface area contributed by atoms with Gasteiger partial charge in [0, 0.05) is 41.7 Å². The summed E-state index contributed by atoms with van der Waals surface area (Å²) in [5, 5.41) is 3.30. The van der Waals surface area contributed by atoms with E-state index in [2.05, 4.69) is 24.1 Å². The summed E-state index contributed by atoms with van der Waals surface area (Å²) in [6, 6.07) is 7.98. The number of methoxy groups -OCH3 is 1. The molecule has 0 aromatic heterocycles. The molecule has 0 spiro atoms. The van der Waals surface area contributed by atoms with Crippen LogP contribution in [0.5, 0.6) is 0 Å². The van der Waals surface area contributed by atoms with E-state index in [1.165, 1.54) is 7.11 Å². The standard InChI is InChI=1S/C28H38N2O5/c1-8-17(5)35-28(33)23-18(6)29-21-15-16(4)22(27(32)34-7)26(31)25(21)24(23)19-11-13-20(14-12-19)30(9-2)10-3/h11-14,16-17,22,24,29H,8-10,15H2,1-7H3/t16-,17+,22-,24+/m0/s1. The molecular formula is C28H38N2O5. The Morgan fingerprint density at radius 2 is 1.77 bits per heavy atom. The van der Waals surface area contributed by atoms with Crippen LogP contribution in [0.2, 0.25) is 0 Å². The van der Waals surface area contributed by atoms with E-state index in [1.54, 1.807) is 0 Å². The Labute approximate surface area is 208 Å². The zero-order chi connectivity index (χ0) is 25.9. The second kappa shape index (κ2) is 11.1. The number of nitrogens with one attached hydrogen (secondary N) is 1. The highest BCUT2D eigenvalue weighted by molar-refractivity contribution is 6.12. The van der Waals surface area contributed by atoms with Crippen LogP contribution in [-0.2, 0) is 23.9 Å². The summed E-state index contributed by atoms with van der Waals surface area (Å²) in [7, 11) is 1.30. The first-order valence-corrected chi connectivity index (χ1v) is 12.6. The van der Waals surface area contributed by atoms with Crippen molar-refractivity contribution in [1.29, 1.82) is 0 Å². The van der Waals surface area contributed by atoms with Crippen molar-refractivity contribution in [2.45, 2.75) is 66.4 Å². The molecule has 0 unspecified atom stereocenters. The van der Waals surface area contributed by atoms with Gasteiger partial charge in [0.2, 0.25) is 0 Å². The van der Waals surface area contributed by atoms with E-state index < -0.39 is 23.8 Å². The number of allylic oxidation sites excluding steroid dienone is 3. The number of dihydropyridines is 1. The molecule has 35 heavy (non-hydrogen) atoms. The molecule has 1 N–H and O–H groups in total. The van der Waals surface area contributed by atoms with Crippen LogP contribution >= 0.6 is 0 Å². The summed E-state index contributed by atoms with van der Waals surface area (Å²) in [5.41, 5.74) is 4.19. The minimum Gasteiger partial charge on any atom is -0.468 e. The minimum absolute atomic E-state index is 0.215. The van der Waals surface area contributed by atoms with Crippen LogP contribution in [0.3, 0.4) is 0 Å². The van der Waals surface area contributed by atoms with Crippen molar-refractivity contribution in [2.75, 3.05) is 25.1 Å². The molecule has 1 aromatic rings. The highest BCUT2D eigenvalue weighted by Gasteiger charge is 2.47. The molecule has 0 amide bonds. The Kier molecular flexibility index (Phi) is 8.41. The van der Waals surface area contributed by atoms with Crippen molar-refractivity contribution in [2.24, 2.45) is 11.8 Å². The number of benzene rings is 1. The van der Waals surface area contributed by atoms with Crippen LogP contribution < -0.4 is 10.2 Å². The predicted octanol–water partition coefficient (Wildman–Crippen LogP) is 4.49. The molecule has 7 nitrogen and oxygen atoms in total. The van der Waals surface area contributed by atoms with Gasteiger partial charge in [-0.15, -0.1) is 0 Å². The number of Topliss-reactive ketones (excluding diaryl/α,β-unsaturated/α-hetero) is 1. The summed E-state index contributed by atoms with van der Waals surface area (Å²) >= 11 is 0. The van der Waals surface area contributed by atoms with Crippen molar-refractivity contribution in [1.82, 2.24) is 5.32 Å². The second-order valence-corrected chi connectivity index (χ2v) is 9.42. The number of rotatable bonds is 8. The number of esters is 2. The third-order valence-corrected chi connectivity index (χ3v) is 7.20. The van der Waals surface area contributed by atoms with E-state index >= 15 is 0 Å². The lowest BCUT2D eigenvalue weighted by Gasteiger charge is -2.38. The number of carbonyl (C=O) groups is 3. The van der Waals surface area contributed by atoms with Gasteiger partial charge in [0.25, 0.3) is 0 Å². The highest BCUT2D eigenvalue weighted by atomic mass is 16.5. The Hall–Kier alpha value is -3.09. The number of nitrogens with zero attached hydrogens (tertiary/aromatic N) is 1. The molecule has 3 rings (SSSR count). The minimum atomic E-state index is -0.900. The first-order valence-electron chi connectivity index (χ1n) is 12.6. The molecule has 2 aliphatic rings. The first-order chi connectivity index (χ1) is 16.7. The molecule has 0 bridgehead atoms. The molecule has 1 aliphatic carbocycles. The molecular weight excluding hydrogens is 444 g/mol. The zero-order valence-electron chi connectivity index (χ0n) is 21.9. The van der Waals surface area contributed by atoms with Crippen LogP contribution in [0.15, 0.2) is 46.8 Å². The Bertz CT molecular complexity index is 1040. The molecule has 0 saturated heterocycles. The quantitative estimate of drug-likeness (QED) is 0.432. The van der Waals surface area contributed by atoms with Crippen molar-refractivity contribution in [3.05, 3.63) is 52.4 Å². The lowest BCUT2D eigenvalue weighted by Crippen LogP contribution is -2.43. The van der Waals surface area contributed by atoms with Gasteiger partial charge in [0.05, 0.1) is 18.8 Å². The lowest BCUT2D eigenvalue weighted by molar-refractivity contribution is -0.151. The summed E-state index contributed by atoms with van der Waals surface area (Å²) in [4.78, 5) is 42.0. The van der Waals surface area contributed by atoms with Gasteiger partial charge in [-0.2, -0.15) is 0 Å². The summed E-state index contributed by atoms with van der Waals surface area (Å²) in [6.45, 7) is 13.5. The molecule has 1 aromatic carbocycles. The van der Waals surface area contributed by atoms with Gasteiger partial charge in [-0.25, -0.2) is 4.79 Å². The smallest absolute Gasteiger partial charge is 0.337 e. The topological polar surface area (TPSA) is 84.9 Å². The van der Waals surface area contributed by atoms with Gasteiger partial charge in [-0.05, 0) is 64.2 Å². The summed E-state index contributed by atoms with van der Waals surface area (Å²) in [5.74, 6) is -3.02. The van der Waals surface area contributed by atoms with Crippen molar-refractivity contribution >= 4 is 23.4 Å². The van der Waals surface area contributed by atoms with Gasteiger partial charge in [0.15, 0.2) is 5.78 Å². The van der Waals surface area contributed by atoms with E-state index in [9.17, 15) is 14.4 Å². The first kappa shape index (κ1) is 26.5. The summed E-state index contributed by atoms with van der Waals surface area (Å²) < 4.78 is 10.7. The number of anilines is 1. The second-order valence-electron chi connectivity index (χ2n) is 9.42. The highest BCUT2D eigenvalue weighted by Crippen LogP contribution is 2.45. The average molecular weight is 483 g/mol. The molecule has 7 heteroatoms. The Balaban J connectivity index is 2.15. The predicted molar refractivity (Wildman–Crippen MR) is 136 cm³/mol. The number of hydrogen-bond donors (Lipinski definition) is 1. The maximum atomic E-state index is 13.8. The van der Waals surface area contributed by atoms with E-state index in [4.69, 9.17) is 9.47 Å². The largest absolute Gasteiger partial charge is 0.468 e. The number of carbonyl (C=O) groups excluding carboxylic acids is 3. The Morgan fingerprint density at radius 3 is 2.31 bits per heavy atom. The van der Waals surface area contributed by atoms with Gasteiger partial charge >= 0.3 is 11.9 Å². The number of ether oxygens (including phenoxy) is 2. The third-order valence-electron chi connectivity index (χ3n) is 7.20. The van der Waals surface area contributed by atoms with E-state index in [0.717, 1.165) is 30.0 Å². The van der Waals surface area contributed by atoms with Crippen molar-refractivity contribution in [3.8, 4) is 0 Å². The molecule has 4 atom stereocenters. The normalized spacial score (nSPS) is 22.8. The van der Waals surface area contributed by atoms with Crippen molar-refractivity contribution < 1.29 is 23.9 Å². The van der Waals surface area contributed by atoms with Gasteiger partial charge in [-0.1, -0.05) is 26.0 Å². The Morgan fingerprint density at radius 1 is 1.14 bits per heavy atom. The fraction of sp³-hybridized carbons (Fsp3) is 0.536. The molecule has 0 radical (unpaired) electrons. The monoisotopic (exact) mass is 482 g/mol. The molecule has 0 fully saturated rings. The lowest BCUT2D eigenvalue weighted by atomic mass is 9.69. The number of ketones is 1. The van der Waals surface area contributed by atoms with E-state index in [-0.39, 0.29) is 17.8 Å². The van der Waals surface area contributed by atoms with E-state index in [1.807, 2.05) is 52.0 Å². The van der Waals surface area contributed by atoms with Crippen LogP contribution in [0, 0.1) is 11.8 Å². The zero-order valence-corrected chi connectivity index (χ0v) is 21.9. The van der Waals surface area contributed by atoms with Crippen LogP contribution in [0.4, 0.5) is 5.69 Å². The molecule has 190 valence electrons. The van der Waals surface area contributed by atoms with Crippen LogP contribution in [0.1, 0.15) is 65.9 Å². The third kappa shape index (κ3) is 5.14. The maximum absolute atomic E-state index is 13.8. The maximum Gasteiger partial charge on any atom is 0.337 e. The van der Waals surface area contributed by atoms with Gasteiger partial charge in [-0.3, -0.25) is 9.59 Å². The van der Waals surface area contributed by atoms with Crippen LogP contribution in [0.25, 0.3) is 0 Å². The molecule has 1 aliphatic heterocycles. The average Bonchev–Trinajstić information content (AvgIpc) is 2.83. The molecule has 0 saturated carbocycles.